The van der Waals surface area contributed by atoms with Crippen molar-refractivity contribution in [2.24, 2.45) is 0 Å². The minimum Gasteiger partial charge on any atom is -0.508 e. The number of rotatable bonds is 9. The first kappa shape index (κ1) is 23.2. The standard InChI is InChI=1S/C21H20O10/c1-30-16-10-12(4-8-15(16)23)5-9-17(24)31-18(19(25)26)21(29,20(27)28)11-13-2-6-14(22)7-3-13/h2-10,18,22-23,29H,11H2,1H3,(H,25,26)(H,27,28)/t18-,21-/m1/s1. The summed E-state index contributed by atoms with van der Waals surface area (Å²) in [6.07, 6.45) is -1.07. The molecule has 10 nitrogen and oxygen atoms in total. The molecule has 0 spiro atoms. The fourth-order valence-corrected chi connectivity index (χ4v) is 2.68. The van der Waals surface area contributed by atoms with Crippen molar-refractivity contribution in [1.82, 2.24) is 0 Å². The average molecular weight is 432 g/mol. The van der Waals surface area contributed by atoms with Crippen LogP contribution in [0.2, 0.25) is 0 Å². The number of aliphatic carboxylic acids is 2. The molecule has 0 heterocycles. The molecular formula is C21H20O10. The molecule has 0 saturated heterocycles. The zero-order valence-corrected chi connectivity index (χ0v) is 16.3. The molecule has 0 aliphatic carbocycles. The van der Waals surface area contributed by atoms with Gasteiger partial charge in [-0.25, -0.2) is 14.4 Å². The number of aliphatic hydroxyl groups is 1. The number of carboxylic acid groups (broad SMARTS) is 2. The molecule has 0 bridgehead atoms. The Labute approximate surface area is 176 Å². The van der Waals surface area contributed by atoms with E-state index in [4.69, 9.17) is 9.47 Å². The number of esters is 1. The summed E-state index contributed by atoms with van der Waals surface area (Å²) in [5, 5.41) is 48.3. The van der Waals surface area contributed by atoms with Gasteiger partial charge in [-0.2, -0.15) is 0 Å². The molecule has 2 rings (SSSR count). The number of ether oxygens (including phenoxy) is 2. The Kier molecular flexibility index (Phi) is 7.22. The van der Waals surface area contributed by atoms with Gasteiger partial charge in [0.2, 0.25) is 11.7 Å². The molecule has 0 radical (unpaired) electrons. The van der Waals surface area contributed by atoms with E-state index >= 15 is 0 Å². The van der Waals surface area contributed by atoms with Crippen LogP contribution in [0.25, 0.3) is 6.08 Å². The van der Waals surface area contributed by atoms with Crippen LogP contribution in [0.3, 0.4) is 0 Å². The number of phenols is 2. The number of phenolic OH excluding ortho intramolecular Hbond substituents is 2. The lowest BCUT2D eigenvalue weighted by Crippen LogP contribution is -2.56. The van der Waals surface area contributed by atoms with Crippen molar-refractivity contribution in [2.45, 2.75) is 18.1 Å². The average Bonchev–Trinajstić information content (AvgIpc) is 2.72. The second kappa shape index (κ2) is 9.63. The van der Waals surface area contributed by atoms with Gasteiger partial charge in [-0.3, -0.25) is 0 Å². The lowest BCUT2D eigenvalue weighted by Gasteiger charge is -2.29. The Morgan fingerprint density at radius 1 is 1.06 bits per heavy atom. The number of hydrogen-bond acceptors (Lipinski definition) is 8. The van der Waals surface area contributed by atoms with E-state index in [0.29, 0.717) is 5.56 Å². The van der Waals surface area contributed by atoms with Gasteiger partial charge >= 0.3 is 17.9 Å². The van der Waals surface area contributed by atoms with Gasteiger partial charge in [0.05, 0.1) is 7.11 Å². The van der Waals surface area contributed by atoms with Crippen LogP contribution in [-0.2, 0) is 25.5 Å². The zero-order valence-electron chi connectivity index (χ0n) is 16.3. The topological polar surface area (TPSA) is 171 Å². The Bertz CT molecular complexity index is 996. The highest BCUT2D eigenvalue weighted by atomic mass is 16.6. The third kappa shape index (κ3) is 5.73. The van der Waals surface area contributed by atoms with Crippen molar-refractivity contribution in [2.75, 3.05) is 7.11 Å². The van der Waals surface area contributed by atoms with E-state index in [1.807, 2.05) is 0 Å². The maximum Gasteiger partial charge on any atom is 0.348 e. The van der Waals surface area contributed by atoms with Crippen LogP contribution in [-0.4, -0.2) is 62.3 Å². The van der Waals surface area contributed by atoms with Gasteiger partial charge in [0.15, 0.2) is 11.5 Å². The summed E-state index contributed by atoms with van der Waals surface area (Å²) in [7, 11) is 1.33. The molecule has 2 aromatic rings. The summed E-state index contributed by atoms with van der Waals surface area (Å²) in [6.45, 7) is 0. The molecule has 2 aromatic carbocycles. The van der Waals surface area contributed by atoms with Crippen molar-refractivity contribution >= 4 is 24.0 Å². The second-order valence-corrected chi connectivity index (χ2v) is 6.49. The molecule has 0 aliphatic rings. The number of methoxy groups -OCH3 is 1. The van der Waals surface area contributed by atoms with E-state index in [1.165, 1.54) is 55.7 Å². The van der Waals surface area contributed by atoms with Crippen LogP contribution in [0.5, 0.6) is 17.2 Å². The first-order chi connectivity index (χ1) is 14.6. The van der Waals surface area contributed by atoms with Crippen LogP contribution in [0.4, 0.5) is 0 Å². The second-order valence-electron chi connectivity index (χ2n) is 6.49. The summed E-state index contributed by atoms with van der Waals surface area (Å²) in [5.74, 6) is -5.10. The maximum atomic E-state index is 12.1. The monoisotopic (exact) mass is 432 g/mol. The molecule has 5 N–H and O–H groups in total. The highest BCUT2D eigenvalue weighted by molar-refractivity contribution is 5.93. The van der Waals surface area contributed by atoms with Crippen molar-refractivity contribution in [3.05, 3.63) is 59.7 Å². The molecule has 164 valence electrons. The smallest absolute Gasteiger partial charge is 0.348 e. The zero-order chi connectivity index (χ0) is 23.2. The summed E-state index contributed by atoms with van der Waals surface area (Å²) in [5.41, 5.74) is -2.39. The molecule has 0 aliphatic heterocycles. The first-order valence-corrected chi connectivity index (χ1v) is 8.79. The summed E-state index contributed by atoms with van der Waals surface area (Å²) in [4.78, 5) is 35.4. The third-order valence-electron chi connectivity index (χ3n) is 4.29. The summed E-state index contributed by atoms with van der Waals surface area (Å²) >= 11 is 0. The largest absolute Gasteiger partial charge is 0.508 e. The van der Waals surface area contributed by atoms with Gasteiger partial charge in [0, 0.05) is 12.5 Å². The highest BCUT2D eigenvalue weighted by Crippen LogP contribution is 2.27. The van der Waals surface area contributed by atoms with Gasteiger partial charge in [-0.05, 0) is 41.5 Å². The predicted octanol–water partition coefficient (Wildman–Crippen LogP) is 1.17. The fourth-order valence-electron chi connectivity index (χ4n) is 2.68. The SMILES string of the molecule is COc1cc(C=CC(=O)O[C@H](C(=O)O)[C@](O)(Cc2ccc(O)cc2)C(=O)O)ccc1O. The van der Waals surface area contributed by atoms with Crippen LogP contribution in [0.15, 0.2) is 48.5 Å². The van der Waals surface area contributed by atoms with E-state index in [0.717, 1.165) is 6.08 Å². The summed E-state index contributed by atoms with van der Waals surface area (Å²) < 4.78 is 9.68. The minimum atomic E-state index is -2.98. The third-order valence-corrected chi connectivity index (χ3v) is 4.29. The number of hydrogen-bond donors (Lipinski definition) is 5. The Morgan fingerprint density at radius 3 is 2.26 bits per heavy atom. The van der Waals surface area contributed by atoms with Gasteiger partial charge in [0.25, 0.3) is 0 Å². The molecule has 0 saturated carbocycles. The quantitative estimate of drug-likeness (QED) is 0.286. The van der Waals surface area contributed by atoms with E-state index in [-0.39, 0.29) is 22.8 Å². The lowest BCUT2D eigenvalue weighted by atomic mass is 9.88. The van der Waals surface area contributed by atoms with Crippen molar-refractivity contribution < 1.29 is 49.4 Å². The van der Waals surface area contributed by atoms with Gasteiger partial charge < -0.3 is 35.0 Å². The van der Waals surface area contributed by atoms with Crippen LogP contribution in [0, 0.1) is 0 Å². The van der Waals surface area contributed by atoms with Gasteiger partial charge in [-0.1, -0.05) is 18.2 Å². The molecular weight excluding hydrogens is 412 g/mol. The first-order valence-electron chi connectivity index (χ1n) is 8.79. The Hall–Kier alpha value is -4.05. The number of carboxylic acids is 2. The van der Waals surface area contributed by atoms with E-state index < -0.39 is 36.0 Å². The number of aromatic hydroxyl groups is 2. The van der Waals surface area contributed by atoms with E-state index in [2.05, 4.69) is 0 Å². The van der Waals surface area contributed by atoms with E-state index in [1.54, 1.807) is 0 Å². The molecule has 0 amide bonds. The molecule has 0 fully saturated rings. The van der Waals surface area contributed by atoms with Crippen molar-refractivity contribution in [1.29, 1.82) is 0 Å². The predicted molar refractivity (Wildman–Crippen MR) is 106 cm³/mol. The molecule has 2 atom stereocenters. The van der Waals surface area contributed by atoms with E-state index in [9.17, 15) is 39.9 Å². The molecule has 0 unspecified atom stereocenters. The Morgan fingerprint density at radius 2 is 1.71 bits per heavy atom. The van der Waals surface area contributed by atoms with Crippen LogP contribution in [0.1, 0.15) is 11.1 Å². The van der Waals surface area contributed by atoms with Crippen LogP contribution < -0.4 is 4.74 Å². The molecule has 31 heavy (non-hydrogen) atoms. The normalized spacial score (nSPS) is 13.9. The number of carbonyl (C=O) groups is 3. The molecule has 0 aromatic heterocycles. The van der Waals surface area contributed by atoms with Gasteiger partial charge in [0.1, 0.15) is 5.75 Å². The van der Waals surface area contributed by atoms with Crippen LogP contribution >= 0.6 is 0 Å². The fraction of sp³-hybridized carbons (Fsp3) is 0.190. The van der Waals surface area contributed by atoms with Crippen molar-refractivity contribution in [3.63, 3.8) is 0 Å². The Balaban J connectivity index is 2.24. The summed E-state index contributed by atoms with van der Waals surface area (Å²) in [6, 6.07) is 9.19. The molecule has 10 heteroatoms. The highest BCUT2D eigenvalue weighted by Gasteiger charge is 2.51. The number of carbonyl (C=O) groups excluding carboxylic acids is 1. The minimum absolute atomic E-state index is 0.111. The van der Waals surface area contributed by atoms with Crippen molar-refractivity contribution in [3.8, 4) is 17.2 Å². The van der Waals surface area contributed by atoms with Gasteiger partial charge in [-0.15, -0.1) is 0 Å². The number of benzene rings is 2. The maximum absolute atomic E-state index is 12.1. The lowest BCUT2D eigenvalue weighted by molar-refractivity contribution is -0.192.